The van der Waals surface area contributed by atoms with Crippen LogP contribution in [-0.4, -0.2) is 60.9 Å². The summed E-state index contributed by atoms with van der Waals surface area (Å²) in [5.41, 5.74) is -0.0520. The molecule has 2 rings (SSSR count). The van der Waals surface area contributed by atoms with Crippen LogP contribution in [0.1, 0.15) is 60.3 Å². The number of nitrogens with one attached hydrogen (secondary N) is 1. The lowest BCUT2D eigenvalue weighted by atomic mass is 9.91. The lowest BCUT2D eigenvalue weighted by Gasteiger charge is -2.45. The molecule has 2 fully saturated rings. The van der Waals surface area contributed by atoms with Gasteiger partial charge >= 0.3 is 0 Å². The molecule has 2 aliphatic rings. The quantitative estimate of drug-likeness (QED) is 0.807. The summed E-state index contributed by atoms with van der Waals surface area (Å²) in [6.07, 6.45) is 4.53. The molecule has 0 aromatic heterocycles. The SMILES string of the molecule is CC[C@@H]1C[C@H](CC(=O)NCC(C)(C)N2C[C@@H](C)O[C@H](C)C2)CCO1. The van der Waals surface area contributed by atoms with E-state index in [1.54, 1.807) is 0 Å². The molecule has 2 heterocycles. The largest absolute Gasteiger partial charge is 0.378 e. The Morgan fingerprint density at radius 3 is 2.54 bits per heavy atom. The third-order valence-electron chi connectivity index (χ3n) is 5.40. The average molecular weight is 341 g/mol. The van der Waals surface area contributed by atoms with Crippen LogP contribution >= 0.6 is 0 Å². The van der Waals surface area contributed by atoms with Gasteiger partial charge < -0.3 is 14.8 Å². The van der Waals surface area contributed by atoms with Gasteiger partial charge in [-0.3, -0.25) is 9.69 Å². The van der Waals surface area contributed by atoms with Crippen molar-refractivity contribution >= 4 is 5.91 Å². The van der Waals surface area contributed by atoms with Crippen molar-refractivity contribution in [1.29, 1.82) is 0 Å². The lowest BCUT2D eigenvalue weighted by Crippen LogP contribution is -2.58. The highest BCUT2D eigenvalue weighted by atomic mass is 16.5. The number of carbonyl (C=O) groups excluding carboxylic acids is 1. The standard InChI is InChI=1S/C19H36N2O3/c1-6-17-9-16(7-8-23-17)10-18(22)20-13-19(4,5)21-11-14(2)24-15(3)12-21/h14-17H,6-13H2,1-5H3,(H,20,22)/t14-,15-,16-,17-/m1/s1. The predicted molar refractivity (Wildman–Crippen MR) is 96.0 cm³/mol. The number of hydrogen-bond donors (Lipinski definition) is 1. The second kappa shape index (κ2) is 8.63. The summed E-state index contributed by atoms with van der Waals surface area (Å²) in [6.45, 7) is 14.1. The van der Waals surface area contributed by atoms with Crippen LogP contribution in [0.15, 0.2) is 0 Å². The zero-order valence-corrected chi connectivity index (χ0v) is 16.1. The minimum absolute atomic E-state index is 0.0520. The molecular formula is C19H36N2O3. The lowest BCUT2D eigenvalue weighted by molar-refractivity contribution is -0.125. The molecule has 2 aliphatic heterocycles. The molecule has 5 nitrogen and oxygen atoms in total. The fraction of sp³-hybridized carbons (Fsp3) is 0.947. The van der Waals surface area contributed by atoms with E-state index < -0.39 is 0 Å². The molecule has 1 amide bonds. The third-order valence-corrected chi connectivity index (χ3v) is 5.40. The highest BCUT2D eigenvalue weighted by molar-refractivity contribution is 5.76. The van der Waals surface area contributed by atoms with Crippen LogP contribution in [0.25, 0.3) is 0 Å². The number of rotatable bonds is 6. The summed E-state index contributed by atoms with van der Waals surface area (Å²) in [7, 11) is 0. The van der Waals surface area contributed by atoms with Crippen LogP contribution in [0.3, 0.4) is 0 Å². The molecule has 0 unspecified atom stereocenters. The van der Waals surface area contributed by atoms with E-state index >= 15 is 0 Å². The van der Waals surface area contributed by atoms with Gasteiger partial charge in [-0.1, -0.05) is 6.92 Å². The maximum atomic E-state index is 12.4. The summed E-state index contributed by atoms with van der Waals surface area (Å²) in [6, 6.07) is 0. The van der Waals surface area contributed by atoms with Crippen LogP contribution in [0.5, 0.6) is 0 Å². The van der Waals surface area contributed by atoms with E-state index in [-0.39, 0.29) is 23.7 Å². The summed E-state index contributed by atoms with van der Waals surface area (Å²) in [4.78, 5) is 14.8. The van der Waals surface area contributed by atoms with E-state index in [0.717, 1.165) is 39.0 Å². The van der Waals surface area contributed by atoms with E-state index in [9.17, 15) is 4.79 Å². The van der Waals surface area contributed by atoms with Gasteiger partial charge in [0.05, 0.1) is 18.3 Å². The van der Waals surface area contributed by atoms with E-state index in [1.165, 1.54) is 0 Å². The molecule has 0 aromatic carbocycles. The van der Waals surface area contributed by atoms with Crippen LogP contribution in [0.2, 0.25) is 0 Å². The van der Waals surface area contributed by atoms with Crippen LogP contribution in [-0.2, 0) is 14.3 Å². The number of nitrogens with zero attached hydrogens (tertiary/aromatic N) is 1. The van der Waals surface area contributed by atoms with E-state index in [2.05, 4.69) is 44.8 Å². The molecule has 0 radical (unpaired) electrons. The van der Waals surface area contributed by atoms with Crippen molar-refractivity contribution in [3.05, 3.63) is 0 Å². The minimum atomic E-state index is -0.0520. The van der Waals surface area contributed by atoms with Gasteiger partial charge in [0.15, 0.2) is 0 Å². The zero-order chi connectivity index (χ0) is 17.7. The molecule has 0 aliphatic carbocycles. The van der Waals surface area contributed by atoms with Gasteiger partial charge in [0.2, 0.25) is 5.91 Å². The van der Waals surface area contributed by atoms with Crippen molar-refractivity contribution in [3.63, 3.8) is 0 Å². The number of morpholine rings is 1. The first-order chi connectivity index (χ1) is 11.3. The highest BCUT2D eigenvalue weighted by Crippen LogP contribution is 2.25. The normalized spacial score (nSPS) is 32.5. The van der Waals surface area contributed by atoms with Crippen molar-refractivity contribution in [2.75, 3.05) is 26.2 Å². The maximum Gasteiger partial charge on any atom is 0.220 e. The van der Waals surface area contributed by atoms with Gasteiger partial charge in [-0.25, -0.2) is 0 Å². The zero-order valence-electron chi connectivity index (χ0n) is 16.1. The van der Waals surface area contributed by atoms with Crippen molar-refractivity contribution in [1.82, 2.24) is 10.2 Å². The molecule has 140 valence electrons. The fourth-order valence-corrected chi connectivity index (χ4v) is 3.86. The Kier molecular flexibility index (Phi) is 7.08. The maximum absolute atomic E-state index is 12.4. The first-order valence-corrected chi connectivity index (χ1v) is 9.59. The molecule has 0 bridgehead atoms. The molecule has 2 saturated heterocycles. The summed E-state index contributed by atoms with van der Waals surface area (Å²) in [5.74, 6) is 0.648. The van der Waals surface area contributed by atoms with Crippen molar-refractivity contribution < 1.29 is 14.3 Å². The summed E-state index contributed by atoms with van der Waals surface area (Å²) in [5, 5.41) is 3.17. The highest BCUT2D eigenvalue weighted by Gasteiger charge is 2.33. The molecule has 0 spiro atoms. The molecular weight excluding hydrogens is 304 g/mol. The fourth-order valence-electron chi connectivity index (χ4n) is 3.86. The van der Waals surface area contributed by atoms with Crippen LogP contribution in [0, 0.1) is 5.92 Å². The van der Waals surface area contributed by atoms with E-state index in [0.29, 0.717) is 25.0 Å². The van der Waals surface area contributed by atoms with Crippen LogP contribution < -0.4 is 5.32 Å². The van der Waals surface area contributed by atoms with Gasteiger partial charge in [0.25, 0.3) is 0 Å². The van der Waals surface area contributed by atoms with E-state index in [4.69, 9.17) is 9.47 Å². The second-order valence-electron chi connectivity index (χ2n) is 8.25. The Labute approximate surface area is 147 Å². The Hall–Kier alpha value is -0.650. The molecule has 0 saturated carbocycles. The first-order valence-electron chi connectivity index (χ1n) is 9.59. The van der Waals surface area contributed by atoms with Crippen molar-refractivity contribution in [3.8, 4) is 0 Å². The number of ether oxygens (including phenoxy) is 2. The van der Waals surface area contributed by atoms with Gasteiger partial charge in [0, 0.05) is 38.2 Å². The summed E-state index contributed by atoms with van der Waals surface area (Å²) >= 11 is 0. The molecule has 24 heavy (non-hydrogen) atoms. The molecule has 1 N–H and O–H groups in total. The molecule has 4 atom stereocenters. The Balaban J connectivity index is 1.77. The minimum Gasteiger partial charge on any atom is -0.378 e. The topological polar surface area (TPSA) is 50.8 Å². The average Bonchev–Trinajstić information content (AvgIpc) is 2.52. The number of hydrogen-bond acceptors (Lipinski definition) is 4. The second-order valence-corrected chi connectivity index (χ2v) is 8.25. The predicted octanol–water partition coefficient (Wildman–Crippen LogP) is 2.59. The Bertz CT molecular complexity index is 403. The molecule has 5 heteroatoms. The number of amides is 1. The summed E-state index contributed by atoms with van der Waals surface area (Å²) < 4.78 is 11.5. The van der Waals surface area contributed by atoms with Gasteiger partial charge in [-0.2, -0.15) is 0 Å². The monoisotopic (exact) mass is 340 g/mol. The van der Waals surface area contributed by atoms with Gasteiger partial charge in [-0.05, 0) is 52.9 Å². The van der Waals surface area contributed by atoms with Crippen molar-refractivity contribution in [2.24, 2.45) is 5.92 Å². The first kappa shape index (κ1) is 19.7. The number of carbonyl (C=O) groups is 1. The third kappa shape index (κ3) is 5.71. The van der Waals surface area contributed by atoms with Gasteiger partial charge in [-0.15, -0.1) is 0 Å². The van der Waals surface area contributed by atoms with Crippen LogP contribution in [0.4, 0.5) is 0 Å². The van der Waals surface area contributed by atoms with E-state index in [1.807, 2.05) is 0 Å². The molecule has 0 aromatic rings. The smallest absolute Gasteiger partial charge is 0.220 e. The van der Waals surface area contributed by atoms with Crippen molar-refractivity contribution in [2.45, 2.75) is 84.2 Å². The van der Waals surface area contributed by atoms with Gasteiger partial charge in [0.1, 0.15) is 0 Å². The Morgan fingerprint density at radius 2 is 1.92 bits per heavy atom. The Morgan fingerprint density at radius 1 is 1.25 bits per heavy atom.